The summed E-state index contributed by atoms with van der Waals surface area (Å²) in [4.78, 5) is 95.9. The largest absolute Gasteiger partial charge is 0.536 e. The summed E-state index contributed by atoms with van der Waals surface area (Å²) in [7, 11) is 4.27. The van der Waals surface area contributed by atoms with Crippen LogP contribution in [-0.4, -0.2) is 186 Å². The maximum absolute atomic E-state index is 11.1. The van der Waals surface area contributed by atoms with Crippen LogP contribution >= 0.6 is 0 Å². The Balaban J connectivity index is -0.000000237. The van der Waals surface area contributed by atoms with Crippen molar-refractivity contribution in [3.8, 4) is 5.75 Å². The van der Waals surface area contributed by atoms with Crippen LogP contribution in [0.4, 0.5) is 0 Å². The SMILES string of the molecule is C=CC(=O)OC(OC(=O)C=C)OC(=O)C=C.C=CC(=O)OC1CC(C)CC(C)(C)C1.C=CC(=O)OCCC[Si](OC)(OC)OC.C=CC(=O)OCCOCCOCC.C=CC(=O)OCCOc1ccccc1.C=CC(=O)OCOC(=O)C=C.C=CC(C=C)(C=C)C=C.C=CC(C=C)C=C.C=CCC=C.C=Cc1ccc([Si](OC)(OC)OC)cc1. The maximum atomic E-state index is 11.1. The molecule has 1 aliphatic carbocycles. The summed E-state index contributed by atoms with van der Waals surface area (Å²) < 4.78 is 88.5. The lowest BCUT2D eigenvalue weighted by atomic mass is 9.71. The summed E-state index contributed by atoms with van der Waals surface area (Å²) in [5.74, 6) is -3.91. The second-order valence-corrected chi connectivity index (χ2v) is 29.2. The van der Waals surface area contributed by atoms with Crippen molar-refractivity contribution in [1.29, 1.82) is 0 Å². The Morgan fingerprint density at radius 2 is 0.832 bits per heavy atom. The molecule has 0 aliphatic heterocycles. The van der Waals surface area contributed by atoms with E-state index in [0.29, 0.717) is 63.4 Å². The number of hydrogen-bond acceptors (Lipinski definition) is 27. The Bertz CT molecular complexity index is 3230. The molecule has 660 valence electrons. The van der Waals surface area contributed by atoms with Crippen LogP contribution in [0.1, 0.15) is 65.4 Å². The van der Waals surface area contributed by atoms with Crippen molar-refractivity contribution in [3.63, 3.8) is 0 Å². The summed E-state index contributed by atoms with van der Waals surface area (Å²) in [5.41, 5.74) is 1.08. The van der Waals surface area contributed by atoms with Gasteiger partial charge in [0.15, 0.2) is 0 Å². The van der Waals surface area contributed by atoms with Gasteiger partial charge < -0.3 is 83.4 Å². The average molecular weight is 1700 g/mol. The molecule has 1 aliphatic rings. The van der Waals surface area contributed by atoms with Crippen molar-refractivity contribution >= 4 is 82.6 Å². The van der Waals surface area contributed by atoms with Gasteiger partial charge in [0.1, 0.15) is 31.7 Å². The van der Waals surface area contributed by atoms with Crippen LogP contribution in [0.2, 0.25) is 6.04 Å². The van der Waals surface area contributed by atoms with Gasteiger partial charge in [0, 0.05) is 127 Å². The van der Waals surface area contributed by atoms with Crippen LogP contribution in [-0.2, 0) is 122 Å². The third-order valence-corrected chi connectivity index (χ3v) is 19.7. The molecule has 0 amide bonds. The van der Waals surface area contributed by atoms with E-state index >= 15 is 0 Å². The summed E-state index contributed by atoms with van der Waals surface area (Å²) in [6, 6.07) is 17.8. The number of ether oxygens (including phenoxy) is 12. The monoisotopic (exact) mass is 1700 g/mol. The zero-order valence-electron chi connectivity index (χ0n) is 71.5. The Morgan fingerprint density at radius 1 is 0.454 bits per heavy atom. The third kappa shape index (κ3) is 68.4. The third-order valence-electron chi connectivity index (χ3n) is 14.2. The van der Waals surface area contributed by atoms with Crippen molar-refractivity contribution in [2.24, 2.45) is 22.7 Å². The number of esters is 9. The van der Waals surface area contributed by atoms with Gasteiger partial charge in [0.05, 0.1) is 26.4 Å². The summed E-state index contributed by atoms with van der Waals surface area (Å²) in [6.45, 7) is 74.5. The summed E-state index contributed by atoms with van der Waals surface area (Å²) >= 11 is 0. The Labute approximate surface area is 709 Å². The van der Waals surface area contributed by atoms with Crippen LogP contribution in [0.15, 0.2) is 289 Å². The van der Waals surface area contributed by atoms with Gasteiger partial charge in [-0.3, -0.25) is 0 Å². The molecule has 0 spiro atoms. The molecule has 119 heavy (non-hydrogen) atoms. The molecule has 27 nitrogen and oxygen atoms in total. The summed E-state index contributed by atoms with van der Waals surface area (Å²) in [6.07, 6.45) is 31.6. The first-order chi connectivity index (χ1) is 56.6. The van der Waals surface area contributed by atoms with E-state index in [1.807, 2.05) is 73.7 Å². The molecule has 1 fully saturated rings. The molecule has 29 heteroatoms. The first-order valence-electron chi connectivity index (χ1n) is 36.5. The molecule has 0 N–H and O–H groups in total. The van der Waals surface area contributed by atoms with E-state index in [4.69, 9.17) is 55.0 Å². The van der Waals surface area contributed by atoms with E-state index in [0.717, 1.165) is 84.4 Å². The molecule has 1 saturated carbocycles. The Kier molecular flexibility index (Phi) is 81.7. The van der Waals surface area contributed by atoms with Gasteiger partial charge >= 0.3 is 77.8 Å². The summed E-state index contributed by atoms with van der Waals surface area (Å²) in [5, 5.41) is 0.945. The van der Waals surface area contributed by atoms with Crippen molar-refractivity contribution in [2.45, 2.75) is 78.4 Å². The van der Waals surface area contributed by atoms with E-state index < -0.39 is 78.6 Å². The van der Waals surface area contributed by atoms with Gasteiger partial charge in [-0.05, 0) is 68.1 Å². The van der Waals surface area contributed by atoms with Crippen LogP contribution < -0.4 is 9.92 Å². The normalized spacial score (nSPS) is 12.0. The minimum absolute atomic E-state index is 0.0826. The predicted octanol–water partition coefficient (Wildman–Crippen LogP) is 15.4. The first kappa shape index (κ1) is 121. The lowest BCUT2D eigenvalue weighted by Gasteiger charge is -2.38. The van der Waals surface area contributed by atoms with Crippen molar-refractivity contribution in [3.05, 3.63) is 295 Å². The van der Waals surface area contributed by atoms with Gasteiger partial charge in [-0.15, -0.1) is 59.2 Å². The number of para-hydroxylation sites is 1. The molecular weight excluding hydrogens is 1570 g/mol. The molecular formula is C90H130O27Si2. The Morgan fingerprint density at radius 3 is 1.15 bits per heavy atom. The molecule has 0 aromatic heterocycles. The smallest absolute Gasteiger partial charge is 0.490 e. The quantitative estimate of drug-likeness (QED) is 0.0113. The molecule has 0 heterocycles. The highest BCUT2D eigenvalue weighted by Gasteiger charge is 2.41. The molecule has 2 aromatic rings. The van der Waals surface area contributed by atoms with Crippen molar-refractivity contribution < 1.29 is 127 Å². The minimum Gasteiger partial charge on any atom is -0.490 e. The van der Waals surface area contributed by atoms with Crippen LogP contribution in [0, 0.1) is 22.7 Å². The fraction of sp³-hybridized carbons (Fsp3) is 0.344. The number of benzene rings is 2. The predicted molar refractivity (Wildman–Crippen MR) is 471 cm³/mol. The fourth-order valence-electron chi connectivity index (χ4n) is 8.24. The van der Waals surface area contributed by atoms with Gasteiger partial charge in [0.25, 0.3) is 0 Å². The Hall–Kier alpha value is -11.4. The lowest BCUT2D eigenvalue weighted by molar-refractivity contribution is -0.250. The van der Waals surface area contributed by atoms with E-state index in [1.54, 1.807) is 91.3 Å². The minimum atomic E-state index is -2.66. The molecule has 2 aromatic carbocycles. The van der Waals surface area contributed by atoms with Gasteiger partial charge in [-0.25, -0.2) is 43.2 Å². The van der Waals surface area contributed by atoms with Gasteiger partial charge in [-0.1, -0.05) is 190 Å². The number of rotatable bonds is 47. The maximum Gasteiger partial charge on any atom is 0.536 e. The second-order valence-electron chi connectivity index (χ2n) is 23.2. The highest BCUT2D eigenvalue weighted by atomic mass is 28.4. The molecule has 0 saturated heterocycles. The number of carbonyl (C=O) groups excluding carboxylic acids is 9. The lowest BCUT2D eigenvalue weighted by Crippen LogP contribution is -2.54. The zero-order valence-corrected chi connectivity index (χ0v) is 73.5. The van der Waals surface area contributed by atoms with Gasteiger partial charge in [-0.2, -0.15) is 0 Å². The topological polar surface area (TPSA) is 320 Å². The molecule has 2 unspecified atom stereocenters. The van der Waals surface area contributed by atoms with Crippen molar-refractivity contribution in [1.82, 2.24) is 0 Å². The van der Waals surface area contributed by atoms with Crippen LogP contribution in [0.25, 0.3) is 6.08 Å². The zero-order chi connectivity index (χ0) is 92.4. The standard InChI is InChI=1S/C12H20O2.C11H16O3Si.C11H12O3.C10H10O6.C9H18O5Si.C9H16O4.C9H12.C7H8O4.C7H10.C5H8/c1-5-11(13)14-10-6-9(2)7-12(3,4)8-10;1-5-10-6-8-11(9-7-10)15(12-2,13-3)14-4;1-2-11(12)14-9-8-13-10-6-4-3-5-7-10;1-4-7(11)14-10(15-8(12)5-2)16-9(13)6-3;1-5-9(10)14-7-6-8-15(11-2,12-3)13-4;1-3-9(10)13-8-7-12-6-5-11-4-2;1-5-9(6-2,7-3)8-4;1-3-6(8)10-5-11-7(9)4-2;1-4-7(5-2)6-3;1-3-5-4-2/h5,9-10H,1,6-8H2,2-4H3;5-9H,1H2,2-4H3;2-7H,1,8-9H2;4-6,10H,1-3H2;5H,1,6-8H2,2-4H3;3H,1,4-8H2,2H3;5-8H,1-4H2;3-4H,1-2,5H2;4-7H,1-3H2;3-4H,1-2,5H2. The average Bonchev–Trinajstić information content (AvgIpc) is 0.829. The number of carbonyl (C=O) groups is 9. The van der Waals surface area contributed by atoms with Gasteiger partial charge in [0.2, 0.25) is 6.79 Å². The highest BCUT2D eigenvalue weighted by molar-refractivity contribution is 6.75. The van der Waals surface area contributed by atoms with Crippen molar-refractivity contribution in [2.75, 3.05) is 102 Å². The number of hydrogen-bond donors (Lipinski definition) is 0. The van der Waals surface area contributed by atoms with Crippen LogP contribution in [0.5, 0.6) is 5.75 Å². The molecule has 0 bridgehead atoms. The molecule has 0 radical (unpaired) electrons. The molecule has 2 atom stereocenters. The van der Waals surface area contributed by atoms with Crippen LogP contribution in [0.3, 0.4) is 0 Å². The highest BCUT2D eigenvalue weighted by Crippen LogP contribution is 2.39. The van der Waals surface area contributed by atoms with E-state index in [9.17, 15) is 43.2 Å². The molecule has 3 rings (SSSR count). The van der Waals surface area contributed by atoms with E-state index in [-0.39, 0.29) is 36.6 Å². The van der Waals surface area contributed by atoms with E-state index in [2.05, 4.69) is 174 Å². The second kappa shape index (κ2) is 80.4. The first-order valence-corrected chi connectivity index (χ1v) is 40.1. The number of allylic oxidation sites excluding steroid dienone is 9. The van der Waals surface area contributed by atoms with E-state index in [1.165, 1.54) is 12.5 Å². The fourth-order valence-corrected chi connectivity index (χ4v) is 11.7.